The maximum atomic E-state index is 6.12. The minimum absolute atomic E-state index is 0.303. The van der Waals surface area contributed by atoms with Gasteiger partial charge in [0.1, 0.15) is 5.41 Å². The van der Waals surface area contributed by atoms with Crippen LogP contribution >= 0.6 is 0 Å². The third-order valence-electron chi connectivity index (χ3n) is 4.35. The normalized spacial score (nSPS) is 19.2. The fourth-order valence-electron chi connectivity index (χ4n) is 3.47. The van der Waals surface area contributed by atoms with E-state index >= 15 is 0 Å². The standard InChI is InChI=1S/C16H37NO4Si2/c1-6-18-16(5,19-7-2)22-14-10-12-17-13-11-15-23(17,20-8-3)21-9-4/h6-15,22H2,1-5H3. The molecule has 0 saturated carbocycles. The van der Waals surface area contributed by atoms with Crippen LogP contribution in [0, 0.1) is 0 Å². The molecule has 0 aromatic heterocycles. The van der Waals surface area contributed by atoms with Gasteiger partial charge in [-0.25, -0.2) is 0 Å². The monoisotopic (exact) mass is 363 g/mol. The lowest BCUT2D eigenvalue weighted by atomic mass is 10.4. The van der Waals surface area contributed by atoms with Crippen LogP contribution < -0.4 is 0 Å². The summed E-state index contributed by atoms with van der Waals surface area (Å²) in [5.41, 5.74) is -0.303. The summed E-state index contributed by atoms with van der Waals surface area (Å²) in [6.45, 7) is 15.5. The fourth-order valence-corrected chi connectivity index (χ4v) is 8.84. The van der Waals surface area contributed by atoms with Gasteiger partial charge in [-0.2, -0.15) is 0 Å². The largest absolute Gasteiger partial charge is 0.427 e. The predicted molar refractivity (Wildman–Crippen MR) is 99.6 cm³/mol. The van der Waals surface area contributed by atoms with Crippen molar-refractivity contribution in [1.29, 1.82) is 0 Å². The zero-order valence-electron chi connectivity index (χ0n) is 15.9. The molecule has 0 spiro atoms. The Morgan fingerprint density at radius 3 is 2.13 bits per heavy atom. The third kappa shape index (κ3) is 6.57. The first-order valence-corrected chi connectivity index (χ1v) is 13.0. The topological polar surface area (TPSA) is 40.2 Å². The molecule has 1 rings (SSSR count). The van der Waals surface area contributed by atoms with Crippen LogP contribution in [-0.2, 0) is 18.3 Å². The van der Waals surface area contributed by atoms with E-state index in [0.717, 1.165) is 45.6 Å². The summed E-state index contributed by atoms with van der Waals surface area (Å²) < 4.78 is 26.5. The lowest BCUT2D eigenvalue weighted by Gasteiger charge is -2.34. The van der Waals surface area contributed by atoms with E-state index in [9.17, 15) is 0 Å². The molecule has 1 heterocycles. The molecule has 0 N–H and O–H groups in total. The van der Waals surface area contributed by atoms with Crippen molar-refractivity contribution < 1.29 is 18.3 Å². The van der Waals surface area contributed by atoms with Crippen LogP contribution in [0.4, 0.5) is 0 Å². The summed E-state index contributed by atoms with van der Waals surface area (Å²) >= 11 is 0. The summed E-state index contributed by atoms with van der Waals surface area (Å²) in [6.07, 6.45) is 2.40. The van der Waals surface area contributed by atoms with Gasteiger partial charge in [-0.3, -0.25) is 4.57 Å². The molecule has 0 aromatic rings. The molecule has 1 fully saturated rings. The first kappa shape index (κ1) is 21.3. The molecule has 0 radical (unpaired) electrons. The Hall–Kier alpha value is 0.234. The Morgan fingerprint density at radius 2 is 1.61 bits per heavy atom. The number of hydrogen-bond donors (Lipinski definition) is 0. The van der Waals surface area contributed by atoms with E-state index in [1.165, 1.54) is 18.9 Å². The van der Waals surface area contributed by atoms with Gasteiger partial charge in [0.2, 0.25) is 0 Å². The van der Waals surface area contributed by atoms with Crippen molar-refractivity contribution in [1.82, 2.24) is 4.57 Å². The van der Waals surface area contributed by atoms with Gasteiger partial charge in [0.05, 0.1) is 9.52 Å². The molecule has 5 nitrogen and oxygen atoms in total. The van der Waals surface area contributed by atoms with Crippen molar-refractivity contribution in [2.75, 3.05) is 39.5 Å². The van der Waals surface area contributed by atoms with Crippen molar-refractivity contribution in [3.8, 4) is 0 Å². The zero-order valence-corrected chi connectivity index (χ0v) is 18.3. The minimum Gasteiger partial charge on any atom is -0.383 e. The van der Waals surface area contributed by atoms with E-state index in [-0.39, 0.29) is 5.41 Å². The highest BCUT2D eigenvalue weighted by Crippen LogP contribution is 2.28. The van der Waals surface area contributed by atoms with Crippen LogP contribution in [0.5, 0.6) is 0 Å². The second-order valence-electron chi connectivity index (χ2n) is 6.13. The first-order valence-electron chi connectivity index (χ1n) is 9.36. The highest BCUT2D eigenvalue weighted by atomic mass is 28.4. The molecule has 0 atom stereocenters. The Bertz CT molecular complexity index is 308. The molecule has 138 valence electrons. The Kier molecular flexibility index (Phi) is 10.1. The van der Waals surface area contributed by atoms with Crippen molar-refractivity contribution in [2.24, 2.45) is 0 Å². The van der Waals surface area contributed by atoms with Gasteiger partial charge >= 0.3 is 8.72 Å². The number of nitrogens with zero attached hydrogens (tertiary/aromatic N) is 1. The number of hydrogen-bond acceptors (Lipinski definition) is 5. The summed E-state index contributed by atoms with van der Waals surface area (Å²) in [4.78, 5) is 0. The Balaban J connectivity index is 2.44. The SMILES string of the molecule is CCOC(C)(OCC)[SiH2]CCCN1CCC[Si]1(OCC)OCC. The Labute approximate surface area is 146 Å². The molecule has 23 heavy (non-hydrogen) atoms. The second kappa shape index (κ2) is 11.0. The van der Waals surface area contributed by atoms with Crippen molar-refractivity contribution in [3.63, 3.8) is 0 Å². The minimum atomic E-state index is -2.10. The molecule has 0 unspecified atom stereocenters. The van der Waals surface area contributed by atoms with Gasteiger partial charge in [-0.1, -0.05) is 6.04 Å². The molecular weight excluding hydrogens is 326 g/mol. The van der Waals surface area contributed by atoms with Crippen LogP contribution in [0.25, 0.3) is 0 Å². The maximum Gasteiger partial charge on any atom is 0.427 e. The molecule has 1 aliphatic heterocycles. The van der Waals surface area contributed by atoms with Crippen LogP contribution in [0.15, 0.2) is 0 Å². The molecule has 7 heteroatoms. The highest BCUT2D eigenvalue weighted by Gasteiger charge is 2.48. The quantitative estimate of drug-likeness (QED) is 0.285. The highest BCUT2D eigenvalue weighted by molar-refractivity contribution is 6.65. The lowest BCUT2D eigenvalue weighted by molar-refractivity contribution is -0.163. The predicted octanol–water partition coefficient (Wildman–Crippen LogP) is 2.43. The second-order valence-corrected chi connectivity index (χ2v) is 11.8. The molecule has 1 aliphatic rings. The van der Waals surface area contributed by atoms with Crippen LogP contribution in [0.3, 0.4) is 0 Å². The molecular formula is C16H37NO4Si2. The van der Waals surface area contributed by atoms with E-state index in [1.54, 1.807) is 0 Å². The van der Waals surface area contributed by atoms with E-state index in [2.05, 4.69) is 25.3 Å². The average molecular weight is 364 g/mol. The molecule has 1 saturated heterocycles. The van der Waals surface area contributed by atoms with Gasteiger partial charge < -0.3 is 18.3 Å². The number of rotatable bonds is 13. The summed E-state index contributed by atoms with van der Waals surface area (Å²) in [6, 6.07) is 2.34. The van der Waals surface area contributed by atoms with Gasteiger partial charge in [0, 0.05) is 32.5 Å². The fraction of sp³-hybridized carbons (Fsp3) is 1.00. The Morgan fingerprint density at radius 1 is 1.00 bits per heavy atom. The summed E-state index contributed by atoms with van der Waals surface area (Å²) in [7, 11) is -2.53. The summed E-state index contributed by atoms with van der Waals surface area (Å²) in [5.74, 6) is 0. The van der Waals surface area contributed by atoms with E-state index in [0.29, 0.717) is 0 Å². The number of ether oxygens (including phenoxy) is 2. The maximum absolute atomic E-state index is 6.12. The van der Waals surface area contributed by atoms with Gasteiger partial charge in [0.25, 0.3) is 0 Å². The van der Waals surface area contributed by atoms with Crippen molar-refractivity contribution >= 4 is 18.2 Å². The van der Waals surface area contributed by atoms with Crippen LogP contribution in [-0.4, -0.2) is 67.7 Å². The van der Waals surface area contributed by atoms with E-state index in [4.69, 9.17) is 18.3 Å². The first-order chi connectivity index (χ1) is 11.1. The van der Waals surface area contributed by atoms with Gasteiger partial charge in [-0.05, 0) is 60.5 Å². The third-order valence-corrected chi connectivity index (χ3v) is 10.4. The van der Waals surface area contributed by atoms with Gasteiger partial charge in [-0.15, -0.1) is 0 Å². The molecule has 0 amide bonds. The van der Waals surface area contributed by atoms with Crippen molar-refractivity contribution in [3.05, 3.63) is 0 Å². The van der Waals surface area contributed by atoms with E-state index < -0.39 is 18.2 Å². The van der Waals surface area contributed by atoms with Gasteiger partial charge in [0.15, 0.2) is 0 Å². The molecule has 0 bridgehead atoms. The van der Waals surface area contributed by atoms with Crippen molar-refractivity contribution in [2.45, 2.75) is 65.0 Å². The smallest absolute Gasteiger partial charge is 0.383 e. The van der Waals surface area contributed by atoms with E-state index in [1.807, 2.05) is 13.8 Å². The average Bonchev–Trinajstić information content (AvgIpc) is 2.88. The van der Waals surface area contributed by atoms with Crippen LogP contribution in [0.1, 0.15) is 47.5 Å². The van der Waals surface area contributed by atoms with Crippen LogP contribution in [0.2, 0.25) is 12.1 Å². The summed E-state index contributed by atoms with van der Waals surface area (Å²) in [5, 5.41) is 0. The molecule has 0 aromatic carbocycles. The lowest BCUT2D eigenvalue weighted by Crippen LogP contribution is -2.55. The zero-order chi connectivity index (χ0) is 17.2. The molecule has 0 aliphatic carbocycles.